The highest BCUT2D eigenvalue weighted by molar-refractivity contribution is 7.13. The molecule has 1 saturated carbocycles. The maximum absolute atomic E-state index is 12.0. The van der Waals surface area contributed by atoms with Gasteiger partial charge in [0.05, 0.1) is 23.6 Å². The van der Waals surface area contributed by atoms with Crippen LogP contribution in [0.4, 0.5) is 0 Å². The lowest BCUT2D eigenvalue weighted by molar-refractivity contribution is -0.123. The standard InChI is InChI=1S/C15H22N2O3S/c1-11-5-6-12(21-11)14(20)16-9-13(19)17-15(10-18)7-3-2-4-8-15/h5-6,18H,2-4,7-10H2,1H3,(H,16,20)(H,17,19). The molecule has 2 amide bonds. The van der Waals surface area contributed by atoms with E-state index < -0.39 is 5.54 Å². The molecule has 0 atom stereocenters. The molecule has 1 aliphatic carbocycles. The Kier molecular flexibility index (Phi) is 5.36. The lowest BCUT2D eigenvalue weighted by atomic mass is 9.82. The molecule has 1 heterocycles. The molecule has 0 bridgehead atoms. The third-order valence-corrected chi connectivity index (χ3v) is 4.89. The number of rotatable bonds is 5. The monoisotopic (exact) mass is 310 g/mol. The van der Waals surface area contributed by atoms with Crippen molar-refractivity contribution in [3.05, 3.63) is 21.9 Å². The maximum atomic E-state index is 12.0. The Morgan fingerprint density at radius 2 is 2.00 bits per heavy atom. The van der Waals surface area contributed by atoms with E-state index in [-0.39, 0.29) is 25.0 Å². The highest BCUT2D eigenvalue weighted by Crippen LogP contribution is 2.27. The van der Waals surface area contributed by atoms with E-state index in [1.807, 2.05) is 13.0 Å². The van der Waals surface area contributed by atoms with Gasteiger partial charge >= 0.3 is 0 Å². The van der Waals surface area contributed by atoms with Gasteiger partial charge in [0.2, 0.25) is 5.91 Å². The van der Waals surface area contributed by atoms with Crippen LogP contribution in [0.2, 0.25) is 0 Å². The SMILES string of the molecule is Cc1ccc(C(=O)NCC(=O)NC2(CO)CCCCC2)s1. The molecule has 1 aliphatic rings. The Morgan fingerprint density at radius 3 is 2.57 bits per heavy atom. The van der Waals surface area contributed by atoms with Crippen molar-refractivity contribution >= 4 is 23.2 Å². The van der Waals surface area contributed by atoms with Crippen LogP contribution in [0.3, 0.4) is 0 Å². The zero-order valence-corrected chi connectivity index (χ0v) is 13.1. The molecule has 2 rings (SSSR count). The molecule has 5 nitrogen and oxygen atoms in total. The Balaban J connectivity index is 1.82. The van der Waals surface area contributed by atoms with Gasteiger partial charge in [-0.05, 0) is 31.9 Å². The molecule has 0 saturated heterocycles. The summed E-state index contributed by atoms with van der Waals surface area (Å²) < 4.78 is 0. The Labute approximate surface area is 128 Å². The average Bonchev–Trinajstić information content (AvgIpc) is 2.92. The van der Waals surface area contributed by atoms with Gasteiger partial charge in [0.25, 0.3) is 5.91 Å². The number of carbonyl (C=O) groups is 2. The first-order valence-electron chi connectivity index (χ1n) is 7.31. The van der Waals surface area contributed by atoms with Gasteiger partial charge in [0, 0.05) is 4.88 Å². The number of aliphatic hydroxyl groups excluding tert-OH is 1. The van der Waals surface area contributed by atoms with Crippen LogP contribution in [0, 0.1) is 6.92 Å². The van der Waals surface area contributed by atoms with Gasteiger partial charge in [-0.15, -0.1) is 11.3 Å². The van der Waals surface area contributed by atoms with E-state index in [0.717, 1.165) is 37.0 Å². The largest absolute Gasteiger partial charge is 0.394 e. The number of aliphatic hydroxyl groups is 1. The fourth-order valence-corrected chi connectivity index (χ4v) is 3.48. The molecule has 116 valence electrons. The summed E-state index contributed by atoms with van der Waals surface area (Å²) in [6, 6.07) is 3.63. The lowest BCUT2D eigenvalue weighted by Gasteiger charge is -2.36. The highest BCUT2D eigenvalue weighted by atomic mass is 32.1. The van der Waals surface area contributed by atoms with Crippen LogP contribution >= 0.6 is 11.3 Å². The lowest BCUT2D eigenvalue weighted by Crippen LogP contribution is -2.54. The fraction of sp³-hybridized carbons (Fsp3) is 0.600. The van der Waals surface area contributed by atoms with Crippen molar-refractivity contribution in [1.29, 1.82) is 0 Å². The van der Waals surface area contributed by atoms with Crippen molar-refractivity contribution in [3.63, 3.8) is 0 Å². The first kappa shape index (κ1) is 16.0. The molecule has 1 fully saturated rings. The molecule has 0 spiro atoms. The maximum Gasteiger partial charge on any atom is 0.261 e. The number of amides is 2. The molecule has 1 aromatic rings. The topological polar surface area (TPSA) is 78.4 Å². The fourth-order valence-electron chi connectivity index (χ4n) is 2.70. The molecule has 0 aromatic carbocycles. The number of nitrogens with one attached hydrogen (secondary N) is 2. The Hall–Kier alpha value is -1.40. The second-order valence-corrected chi connectivity index (χ2v) is 6.93. The number of aryl methyl sites for hydroxylation is 1. The van der Waals surface area contributed by atoms with Crippen molar-refractivity contribution in [3.8, 4) is 0 Å². The number of hydrogen-bond acceptors (Lipinski definition) is 4. The summed E-state index contributed by atoms with van der Waals surface area (Å²) in [6.07, 6.45) is 4.77. The van der Waals surface area contributed by atoms with Crippen LogP contribution in [-0.4, -0.2) is 35.6 Å². The van der Waals surface area contributed by atoms with Crippen LogP contribution in [-0.2, 0) is 4.79 Å². The van der Waals surface area contributed by atoms with E-state index in [0.29, 0.717) is 4.88 Å². The van der Waals surface area contributed by atoms with E-state index in [1.54, 1.807) is 6.07 Å². The average molecular weight is 310 g/mol. The predicted molar refractivity (Wildman–Crippen MR) is 82.4 cm³/mol. The minimum absolute atomic E-state index is 0.0448. The van der Waals surface area contributed by atoms with E-state index in [1.165, 1.54) is 11.3 Å². The smallest absolute Gasteiger partial charge is 0.261 e. The zero-order valence-electron chi connectivity index (χ0n) is 12.3. The van der Waals surface area contributed by atoms with Gasteiger partial charge in [-0.2, -0.15) is 0 Å². The van der Waals surface area contributed by atoms with Gasteiger partial charge in [0.15, 0.2) is 0 Å². The molecule has 1 aromatic heterocycles. The molecular formula is C15H22N2O3S. The summed E-state index contributed by atoms with van der Waals surface area (Å²) in [6.45, 7) is 1.83. The molecule has 21 heavy (non-hydrogen) atoms. The van der Waals surface area contributed by atoms with Crippen LogP contribution in [0.25, 0.3) is 0 Å². The Morgan fingerprint density at radius 1 is 1.29 bits per heavy atom. The minimum atomic E-state index is -0.500. The molecule has 0 unspecified atom stereocenters. The van der Waals surface area contributed by atoms with Gasteiger partial charge in [-0.3, -0.25) is 9.59 Å². The summed E-state index contributed by atoms with van der Waals surface area (Å²) in [7, 11) is 0. The van der Waals surface area contributed by atoms with Crippen molar-refractivity contribution in [2.45, 2.75) is 44.6 Å². The number of carbonyl (C=O) groups excluding carboxylic acids is 2. The van der Waals surface area contributed by atoms with E-state index in [9.17, 15) is 14.7 Å². The van der Waals surface area contributed by atoms with Crippen molar-refractivity contribution in [1.82, 2.24) is 10.6 Å². The van der Waals surface area contributed by atoms with E-state index >= 15 is 0 Å². The third-order valence-electron chi connectivity index (χ3n) is 3.89. The molecule has 0 radical (unpaired) electrons. The van der Waals surface area contributed by atoms with Crippen LogP contribution in [0.5, 0.6) is 0 Å². The van der Waals surface area contributed by atoms with E-state index in [4.69, 9.17) is 0 Å². The minimum Gasteiger partial charge on any atom is -0.394 e. The van der Waals surface area contributed by atoms with Gasteiger partial charge < -0.3 is 15.7 Å². The molecule has 3 N–H and O–H groups in total. The zero-order chi connectivity index (χ0) is 15.3. The van der Waals surface area contributed by atoms with Gasteiger partial charge in [-0.1, -0.05) is 19.3 Å². The highest BCUT2D eigenvalue weighted by Gasteiger charge is 2.32. The number of thiophene rings is 1. The Bertz CT molecular complexity index is 507. The first-order chi connectivity index (χ1) is 10.0. The van der Waals surface area contributed by atoms with Crippen LogP contribution < -0.4 is 10.6 Å². The summed E-state index contributed by atoms with van der Waals surface area (Å²) in [5.41, 5.74) is -0.500. The van der Waals surface area contributed by atoms with Crippen LogP contribution in [0.1, 0.15) is 46.7 Å². The second kappa shape index (κ2) is 7.04. The normalized spacial score (nSPS) is 17.2. The van der Waals surface area contributed by atoms with Crippen molar-refractivity contribution in [2.24, 2.45) is 0 Å². The van der Waals surface area contributed by atoms with Crippen LogP contribution in [0.15, 0.2) is 12.1 Å². The van der Waals surface area contributed by atoms with Crippen molar-refractivity contribution < 1.29 is 14.7 Å². The molecule has 6 heteroatoms. The number of hydrogen-bond donors (Lipinski definition) is 3. The molecular weight excluding hydrogens is 288 g/mol. The van der Waals surface area contributed by atoms with Crippen molar-refractivity contribution in [2.75, 3.05) is 13.2 Å². The van der Waals surface area contributed by atoms with Gasteiger partial charge in [0.1, 0.15) is 0 Å². The quantitative estimate of drug-likeness (QED) is 0.773. The third kappa shape index (κ3) is 4.28. The summed E-state index contributed by atoms with van der Waals surface area (Å²) in [5, 5.41) is 15.1. The first-order valence-corrected chi connectivity index (χ1v) is 8.13. The van der Waals surface area contributed by atoms with Gasteiger partial charge in [-0.25, -0.2) is 0 Å². The summed E-state index contributed by atoms with van der Waals surface area (Å²) in [5.74, 6) is -0.475. The second-order valence-electron chi connectivity index (χ2n) is 5.64. The summed E-state index contributed by atoms with van der Waals surface area (Å²) >= 11 is 1.40. The summed E-state index contributed by atoms with van der Waals surface area (Å²) in [4.78, 5) is 25.5. The molecule has 0 aliphatic heterocycles. The van der Waals surface area contributed by atoms with E-state index in [2.05, 4.69) is 10.6 Å². The predicted octanol–water partition coefficient (Wildman–Crippen LogP) is 1.60.